The van der Waals surface area contributed by atoms with E-state index in [1.165, 1.54) is 18.2 Å². The number of aliphatic hydroxyl groups excluding tert-OH is 1. The van der Waals surface area contributed by atoms with Gasteiger partial charge in [-0.3, -0.25) is 9.69 Å². The van der Waals surface area contributed by atoms with Gasteiger partial charge in [0, 0.05) is 32.2 Å². The van der Waals surface area contributed by atoms with Crippen LogP contribution < -0.4 is 0 Å². The molecule has 0 aliphatic carbocycles. The molecule has 0 unspecified atom stereocenters. The van der Waals surface area contributed by atoms with Crippen molar-refractivity contribution >= 4 is 5.97 Å². The number of aliphatic hydroxyl groups is 1. The highest BCUT2D eigenvalue weighted by Crippen LogP contribution is 2.14. The average molecular weight is 327 g/mol. The molecule has 0 amide bonds. The van der Waals surface area contributed by atoms with Crippen molar-refractivity contribution in [1.82, 2.24) is 4.90 Å². The maximum Gasteiger partial charge on any atom is 0.305 e. The van der Waals surface area contributed by atoms with Gasteiger partial charge >= 0.3 is 5.97 Å². The zero-order valence-corrected chi connectivity index (χ0v) is 14.1. The normalized spacial score (nSPS) is 12.1. The molecule has 4 nitrogen and oxygen atoms in total. The third-order valence-electron chi connectivity index (χ3n) is 3.96. The summed E-state index contributed by atoms with van der Waals surface area (Å²) in [6.07, 6.45) is 0.229. The van der Waals surface area contributed by atoms with E-state index >= 15 is 0 Å². The highest BCUT2D eigenvalue weighted by molar-refractivity contribution is 5.69. The first-order valence-electron chi connectivity index (χ1n) is 8.19. The van der Waals surface area contributed by atoms with Gasteiger partial charge in [0.05, 0.1) is 13.5 Å². The summed E-state index contributed by atoms with van der Waals surface area (Å²) in [6.45, 7) is 2.14. The van der Waals surface area contributed by atoms with E-state index in [1.807, 2.05) is 36.4 Å². The zero-order chi connectivity index (χ0) is 17.2. The Hall–Kier alpha value is -2.17. The summed E-state index contributed by atoms with van der Waals surface area (Å²) in [5, 5.41) is 9.62. The molecule has 0 aliphatic heterocycles. The molecule has 0 spiro atoms. The van der Waals surface area contributed by atoms with E-state index in [-0.39, 0.29) is 24.9 Å². The average Bonchev–Trinajstić information content (AvgIpc) is 2.62. The topological polar surface area (TPSA) is 49.8 Å². The van der Waals surface area contributed by atoms with Gasteiger partial charge in [0.2, 0.25) is 0 Å². The maximum absolute atomic E-state index is 11.5. The highest BCUT2D eigenvalue weighted by atomic mass is 16.5. The highest BCUT2D eigenvalue weighted by Gasteiger charge is 2.18. The van der Waals surface area contributed by atoms with Crippen molar-refractivity contribution in [1.29, 1.82) is 0 Å². The fourth-order valence-corrected chi connectivity index (χ4v) is 2.74. The van der Waals surface area contributed by atoms with Crippen LogP contribution in [-0.2, 0) is 22.6 Å². The predicted molar refractivity (Wildman–Crippen MR) is 94.2 cm³/mol. The molecule has 0 aromatic heterocycles. The molecule has 1 N–H and O–H groups in total. The van der Waals surface area contributed by atoms with Gasteiger partial charge in [-0.05, 0) is 11.1 Å². The van der Waals surface area contributed by atoms with Gasteiger partial charge in [-0.1, -0.05) is 60.7 Å². The number of hydrogen-bond donors (Lipinski definition) is 1. The van der Waals surface area contributed by atoms with E-state index in [0.717, 1.165) is 13.1 Å². The molecule has 0 bridgehead atoms. The van der Waals surface area contributed by atoms with Gasteiger partial charge in [0.15, 0.2) is 0 Å². The molecular weight excluding hydrogens is 302 g/mol. The standard InChI is InChI=1S/C20H25NO3/c1-24-20(23)12-19(16-22)15-21(13-17-8-4-2-5-9-17)14-18-10-6-3-7-11-18/h2-11,19,22H,12-16H2,1H3/t19-/m1/s1. The third-order valence-corrected chi connectivity index (χ3v) is 3.96. The molecule has 0 fully saturated rings. The molecule has 0 heterocycles. The second-order valence-electron chi connectivity index (χ2n) is 5.97. The van der Waals surface area contributed by atoms with Crippen LogP contribution in [0.2, 0.25) is 0 Å². The summed E-state index contributed by atoms with van der Waals surface area (Å²) in [5.74, 6) is -0.418. The second-order valence-corrected chi connectivity index (χ2v) is 5.97. The lowest BCUT2D eigenvalue weighted by Gasteiger charge is -2.26. The maximum atomic E-state index is 11.5. The van der Waals surface area contributed by atoms with E-state index in [1.54, 1.807) is 0 Å². The number of rotatable bonds is 9. The quantitative estimate of drug-likeness (QED) is 0.720. The van der Waals surface area contributed by atoms with E-state index in [0.29, 0.717) is 6.54 Å². The summed E-state index contributed by atoms with van der Waals surface area (Å²) < 4.78 is 4.73. The Kier molecular flexibility index (Phi) is 7.46. The molecule has 0 saturated heterocycles. The van der Waals surface area contributed by atoms with Crippen LogP contribution in [0.25, 0.3) is 0 Å². The van der Waals surface area contributed by atoms with E-state index in [2.05, 4.69) is 29.2 Å². The molecule has 1 atom stereocenters. The molecular formula is C20H25NO3. The predicted octanol–water partition coefficient (Wildman–Crippen LogP) is 2.86. The van der Waals surface area contributed by atoms with E-state index < -0.39 is 0 Å². The molecule has 0 aliphatic rings. The van der Waals surface area contributed by atoms with Crippen LogP contribution in [0.15, 0.2) is 60.7 Å². The van der Waals surface area contributed by atoms with E-state index in [9.17, 15) is 9.90 Å². The summed E-state index contributed by atoms with van der Waals surface area (Å²) in [7, 11) is 1.38. The van der Waals surface area contributed by atoms with Gasteiger partial charge < -0.3 is 9.84 Å². The van der Waals surface area contributed by atoms with Crippen LogP contribution in [-0.4, -0.2) is 36.2 Å². The molecule has 0 saturated carbocycles. The fourth-order valence-electron chi connectivity index (χ4n) is 2.74. The monoisotopic (exact) mass is 327 g/mol. The van der Waals surface area contributed by atoms with Gasteiger partial charge in [0.25, 0.3) is 0 Å². The van der Waals surface area contributed by atoms with Crippen LogP contribution in [0.1, 0.15) is 17.5 Å². The Bertz CT molecular complexity index is 559. The number of ether oxygens (including phenoxy) is 1. The van der Waals surface area contributed by atoms with Crippen molar-refractivity contribution in [3.05, 3.63) is 71.8 Å². The van der Waals surface area contributed by atoms with Crippen molar-refractivity contribution in [2.45, 2.75) is 19.5 Å². The first-order valence-corrected chi connectivity index (χ1v) is 8.19. The van der Waals surface area contributed by atoms with Crippen molar-refractivity contribution in [2.75, 3.05) is 20.3 Å². The van der Waals surface area contributed by atoms with Crippen molar-refractivity contribution in [3.8, 4) is 0 Å². The van der Waals surface area contributed by atoms with Crippen LogP contribution >= 0.6 is 0 Å². The van der Waals surface area contributed by atoms with Gasteiger partial charge in [-0.15, -0.1) is 0 Å². The summed E-state index contributed by atoms with van der Waals surface area (Å²) in [6, 6.07) is 20.4. The Labute approximate surface area is 143 Å². The molecule has 128 valence electrons. The van der Waals surface area contributed by atoms with Crippen LogP contribution in [0.5, 0.6) is 0 Å². The lowest BCUT2D eigenvalue weighted by Crippen LogP contribution is -2.32. The Morgan fingerprint density at radius 1 is 1.00 bits per heavy atom. The minimum atomic E-state index is -0.284. The number of carbonyl (C=O) groups is 1. The molecule has 2 aromatic carbocycles. The number of methoxy groups -OCH3 is 1. The molecule has 4 heteroatoms. The van der Waals surface area contributed by atoms with E-state index in [4.69, 9.17) is 4.74 Å². The lowest BCUT2D eigenvalue weighted by molar-refractivity contribution is -0.142. The summed E-state index contributed by atoms with van der Waals surface area (Å²) in [5.41, 5.74) is 2.42. The number of hydrogen-bond acceptors (Lipinski definition) is 4. The molecule has 2 rings (SSSR count). The number of carbonyl (C=O) groups excluding carboxylic acids is 1. The first kappa shape index (κ1) is 18.2. The van der Waals surface area contributed by atoms with Gasteiger partial charge in [0.1, 0.15) is 0 Å². The molecule has 2 aromatic rings. The number of nitrogens with zero attached hydrogens (tertiary/aromatic N) is 1. The van der Waals surface area contributed by atoms with Gasteiger partial charge in [-0.2, -0.15) is 0 Å². The zero-order valence-electron chi connectivity index (χ0n) is 14.1. The minimum absolute atomic E-state index is 0.0326. The minimum Gasteiger partial charge on any atom is -0.469 e. The SMILES string of the molecule is COC(=O)C[C@@H](CO)CN(Cc1ccccc1)Cc1ccccc1. The van der Waals surface area contributed by atoms with Gasteiger partial charge in [-0.25, -0.2) is 0 Å². The van der Waals surface area contributed by atoms with Crippen LogP contribution in [0.3, 0.4) is 0 Å². The van der Waals surface area contributed by atoms with Crippen molar-refractivity contribution in [2.24, 2.45) is 5.92 Å². The lowest BCUT2D eigenvalue weighted by atomic mass is 10.0. The Morgan fingerprint density at radius 3 is 1.92 bits per heavy atom. The first-order chi connectivity index (χ1) is 11.7. The Balaban J connectivity index is 2.07. The van der Waals surface area contributed by atoms with Crippen molar-refractivity contribution in [3.63, 3.8) is 0 Å². The molecule has 0 radical (unpaired) electrons. The second kappa shape index (κ2) is 9.85. The summed E-state index contributed by atoms with van der Waals surface area (Å²) in [4.78, 5) is 13.8. The van der Waals surface area contributed by atoms with Crippen LogP contribution in [0.4, 0.5) is 0 Å². The third kappa shape index (κ3) is 6.14. The van der Waals surface area contributed by atoms with Crippen molar-refractivity contribution < 1.29 is 14.6 Å². The Morgan fingerprint density at radius 2 is 1.50 bits per heavy atom. The summed E-state index contributed by atoms with van der Waals surface area (Å²) >= 11 is 0. The molecule has 24 heavy (non-hydrogen) atoms. The fraction of sp³-hybridized carbons (Fsp3) is 0.350. The smallest absolute Gasteiger partial charge is 0.305 e. The van der Waals surface area contributed by atoms with Crippen LogP contribution in [0, 0.1) is 5.92 Å². The number of esters is 1. The number of benzene rings is 2. The largest absolute Gasteiger partial charge is 0.469 e.